The minimum absolute atomic E-state index is 0.303. The number of nitrogens with one attached hydrogen (secondary N) is 1. The van der Waals surface area contributed by atoms with Crippen LogP contribution in [0.1, 0.15) is 58.0 Å². The van der Waals surface area contributed by atoms with E-state index in [-0.39, 0.29) is 11.8 Å². The van der Waals surface area contributed by atoms with E-state index in [4.69, 9.17) is 9.15 Å². The molecule has 0 radical (unpaired) electrons. The minimum atomic E-state index is -1.01. The minimum Gasteiger partial charge on any atom is -0.479 e. The number of fused-ring (bicyclic) bond motifs is 2. The molecule has 1 aliphatic rings. The molecule has 3 aromatic carbocycles. The van der Waals surface area contributed by atoms with E-state index in [1.54, 1.807) is 55.5 Å². The zero-order chi connectivity index (χ0) is 26.6. The Balaban J connectivity index is 1.31. The summed E-state index contributed by atoms with van der Waals surface area (Å²) in [5.41, 5.74) is 2.88. The summed E-state index contributed by atoms with van der Waals surface area (Å²) in [6.07, 6.45) is -0.173. The van der Waals surface area contributed by atoms with Gasteiger partial charge in [-0.05, 0) is 61.3 Å². The Bertz CT molecular complexity index is 1430. The molecule has 0 saturated carbocycles. The number of amides is 2. The molecule has 0 fully saturated rings. The number of imide groups is 1. The summed E-state index contributed by atoms with van der Waals surface area (Å²) in [5, 5.41) is 12.6. The predicted octanol–water partition coefficient (Wildman–Crippen LogP) is 4.59. The highest BCUT2D eigenvalue weighted by atomic mass is 16.5. The van der Waals surface area contributed by atoms with Gasteiger partial charge in [0.05, 0.1) is 11.1 Å². The molecule has 38 heavy (non-hydrogen) atoms. The summed E-state index contributed by atoms with van der Waals surface area (Å²) in [7, 11) is 0. The molecule has 2 atom stereocenters. The number of carbonyl (C=O) groups excluding carboxylic acids is 2. The third-order valence-electron chi connectivity index (χ3n) is 6.48. The van der Waals surface area contributed by atoms with Crippen LogP contribution < -0.4 is 10.1 Å². The quantitative estimate of drug-likeness (QED) is 0.221. The summed E-state index contributed by atoms with van der Waals surface area (Å²) in [5.74, 6) is -0.959. The molecule has 0 aliphatic carbocycles. The van der Waals surface area contributed by atoms with Gasteiger partial charge in [0.25, 0.3) is 11.8 Å². The molecular formula is C29H27N3O6. The Morgan fingerprint density at radius 1 is 1.03 bits per heavy atom. The van der Waals surface area contributed by atoms with Crippen molar-refractivity contribution in [1.82, 2.24) is 15.2 Å². The van der Waals surface area contributed by atoms with Crippen LogP contribution in [-0.4, -0.2) is 45.4 Å². The van der Waals surface area contributed by atoms with E-state index >= 15 is 0 Å². The number of hydrogen-bond donors (Lipinski definition) is 2. The first kappa shape index (κ1) is 25.2. The van der Waals surface area contributed by atoms with Crippen LogP contribution in [0.15, 0.2) is 77.2 Å². The van der Waals surface area contributed by atoms with Crippen LogP contribution in [0.2, 0.25) is 0 Å². The van der Waals surface area contributed by atoms with Crippen molar-refractivity contribution >= 4 is 28.9 Å². The van der Waals surface area contributed by atoms with Crippen molar-refractivity contribution in [2.24, 2.45) is 0 Å². The first-order valence-electron chi connectivity index (χ1n) is 12.5. The first-order chi connectivity index (χ1) is 18.5. The van der Waals surface area contributed by atoms with Gasteiger partial charge >= 0.3 is 5.97 Å². The van der Waals surface area contributed by atoms with Crippen molar-refractivity contribution in [3.8, 4) is 5.75 Å². The molecule has 2 N–H and O–H groups in total. The molecule has 2 unspecified atom stereocenters. The fraction of sp³-hybridized carbons (Fsp3) is 0.241. The van der Waals surface area contributed by atoms with Crippen LogP contribution in [0, 0.1) is 0 Å². The number of aliphatic carboxylic acids is 1. The maximum atomic E-state index is 13.2. The Morgan fingerprint density at radius 3 is 2.42 bits per heavy atom. The Kier molecular flexibility index (Phi) is 7.19. The van der Waals surface area contributed by atoms with Gasteiger partial charge in [0.2, 0.25) is 5.89 Å². The molecule has 2 heterocycles. The number of benzene rings is 3. The molecule has 194 valence electrons. The van der Waals surface area contributed by atoms with Gasteiger partial charge < -0.3 is 19.6 Å². The maximum absolute atomic E-state index is 13.2. The molecule has 2 amide bonds. The Morgan fingerprint density at radius 2 is 1.74 bits per heavy atom. The summed E-state index contributed by atoms with van der Waals surface area (Å²) in [6, 6.07) is 20.6. The fourth-order valence-electron chi connectivity index (χ4n) is 4.56. The van der Waals surface area contributed by atoms with Gasteiger partial charge in [-0.15, -0.1) is 0 Å². The largest absolute Gasteiger partial charge is 0.479 e. The number of nitrogens with zero attached hydrogens (tertiary/aromatic N) is 2. The van der Waals surface area contributed by atoms with Crippen molar-refractivity contribution in [3.05, 3.63) is 95.4 Å². The van der Waals surface area contributed by atoms with E-state index in [0.29, 0.717) is 59.8 Å². The molecule has 0 saturated heterocycles. The summed E-state index contributed by atoms with van der Waals surface area (Å²) < 4.78 is 11.6. The fourth-order valence-corrected chi connectivity index (χ4v) is 4.56. The third kappa shape index (κ3) is 5.01. The van der Waals surface area contributed by atoms with Gasteiger partial charge in [0.1, 0.15) is 17.3 Å². The van der Waals surface area contributed by atoms with Gasteiger partial charge in [-0.2, -0.15) is 0 Å². The lowest BCUT2D eigenvalue weighted by Crippen LogP contribution is -2.36. The zero-order valence-electron chi connectivity index (χ0n) is 20.8. The van der Waals surface area contributed by atoms with Crippen LogP contribution >= 0.6 is 0 Å². The molecule has 0 bridgehead atoms. The number of carbonyl (C=O) groups is 3. The standard InChI is InChI=1S/C29H27N3O6/c1-2-24(29(35)36)37-19-9-7-8-18(16-19)17-30-15-14-23(26-31-22-12-5-6-13-25(22)38-26)32-27(33)20-10-3-4-11-21(20)28(32)34/h3-13,16,23-24,30H,2,14-15,17H2,1H3,(H,35,36). The van der Waals surface area contributed by atoms with E-state index < -0.39 is 18.1 Å². The molecule has 5 rings (SSSR count). The molecule has 4 aromatic rings. The average Bonchev–Trinajstić information content (AvgIpc) is 3.47. The van der Waals surface area contributed by atoms with E-state index in [1.165, 1.54) is 4.90 Å². The van der Waals surface area contributed by atoms with E-state index in [2.05, 4.69) is 10.3 Å². The van der Waals surface area contributed by atoms with Crippen LogP contribution in [0.5, 0.6) is 5.75 Å². The van der Waals surface area contributed by atoms with Gasteiger partial charge in [-0.3, -0.25) is 14.5 Å². The number of oxazole rings is 1. The lowest BCUT2D eigenvalue weighted by Gasteiger charge is -2.23. The van der Waals surface area contributed by atoms with Crippen LogP contribution in [0.3, 0.4) is 0 Å². The summed E-state index contributed by atoms with van der Waals surface area (Å²) in [6.45, 7) is 2.68. The monoisotopic (exact) mass is 513 g/mol. The van der Waals surface area contributed by atoms with E-state index in [1.807, 2.05) is 24.3 Å². The smallest absolute Gasteiger partial charge is 0.344 e. The number of carboxylic acid groups (broad SMARTS) is 1. The van der Waals surface area contributed by atoms with E-state index in [9.17, 15) is 19.5 Å². The molecule has 9 nitrogen and oxygen atoms in total. The number of para-hydroxylation sites is 2. The number of aromatic nitrogens is 1. The maximum Gasteiger partial charge on any atom is 0.344 e. The zero-order valence-corrected chi connectivity index (χ0v) is 20.8. The number of ether oxygens (including phenoxy) is 1. The SMILES string of the molecule is CCC(Oc1cccc(CNCCC(c2nc3ccccc3o2)N2C(=O)c3ccccc3C2=O)c1)C(=O)O. The second-order valence-electron chi connectivity index (χ2n) is 9.03. The molecular weight excluding hydrogens is 486 g/mol. The third-order valence-corrected chi connectivity index (χ3v) is 6.48. The van der Waals surface area contributed by atoms with Crippen LogP contribution in [-0.2, 0) is 11.3 Å². The highest BCUT2D eigenvalue weighted by Crippen LogP contribution is 2.34. The van der Waals surface area contributed by atoms with Crippen molar-refractivity contribution in [1.29, 1.82) is 0 Å². The van der Waals surface area contributed by atoms with Crippen molar-refractivity contribution in [2.45, 2.75) is 38.5 Å². The Hall–Kier alpha value is -4.50. The van der Waals surface area contributed by atoms with Crippen LogP contribution in [0.4, 0.5) is 0 Å². The average molecular weight is 514 g/mol. The first-order valence-corrected chi connectivity index (χ1v) is 12.5. The van der Waals surface area contributed by atoms with Gasteiger partial charge in [0.15, 0.2) is 11.7 Å². The Labute approximate surface area is 219 Å². The van der Waals surface area contributed by atoms with Crippen molar-refractivity contribution in [2.75, 3.05) is 6.54 Å². The normalized spacial score (nSPS) is 14.5. The lowest BCUT2D eigenvalue weighted by atomic mass is 10.1. The van der Waals surface area contributed by atoms with E-state index in [0.717, 1.165) is 5.56 Å². The van der Waals surface area contributed by atoms with Crippen LogP contribution in [0.25, 0.3) is 11.1 Å². The molecule has 0 spiro atoms. The molecule has 9 heteroatoms. The van der Waals surface area contributed by atoms with Crippen molar-refractivity contribution < 1.29 is 28.6 Å². The van der Waals surface area contributed by atoms with Gasteiger partial charge in [-0.1, -0.05) is 43.3 Å². The number of hydrogen-bond acceptors (Lipinski definition) is 7. The van der Waals surface area contributed by atoms with Gasteiger partial charge in [0, 0.05) is 6.54 Å². The van der Waals surface area contributed by atoms with Gasteiger partial charge in [-0.25, -0.2) is 9.78 Å². The lowest BCUT2D eigenvalue weighted by molar-refractivity contribution is -0.145. The molecule has 1 aliphatic heterocycles. The second kappa shape index (κ2) is 10.9. The number of rotatable bonds is 11. The predicted molar refractivity (Wildman–Crippen MR) is 139 cm³/mol. The highest BCUT2D eigenvalue weighted by Gasteiger charge is 2.42. The molecule has 1 aromatic heterocycles. The van der Waals surface area contributed by atoms with Crippen molar-refractivity contribution in [3.63, 3.8) is 0 Å². The summed E-state index contributed by atoms with van der Waals surface area (Å²) in [4.78, 5) is 43.6. The topological polar surface area (TPSA) is 122 Å². The summed E-state index contributed by atoms with van der Waals surface area (Å²) >= 11 is 0. The number of carboxylic acids is 1. The second-order valence-corrected chi connectivity index (χ2v) is 9.03. The highest BCUT2D eigenvalue weighted by molar-refractivity contribution is 6.21.